The molecule has 0 aliphatic heterocycles. The first kappa shape index (κ1) is 18.6. The van der Waals surface area contributed by atoms with Crippen molar-refractivity contribution >= 4 is 33.3 Å². The summed E-state index contributed by atoms with van der Waals surface area (Å²) >= 11 is 3.49. The van der Waals surface area contributed by atoms with Crippen molar-refractivity contribution in [2.75, 3.05) is 0 Å². The standard InChI is InChI=1S/C21H16BrN3O2/c1-14-9-17(15(2)24(14)20-7-4-6-19(22)12-20)10-18(13-23)16-5-3-8-21(11-16)25(26)27/h3-12H,1-2H3. The highest BCUT2D eigenvalue weighted by atomic mass is 79.9. The number of nitrogens with zero attached hydrogens (tertiary/aromatic N) is 3. The SMILES string of the molecule is Cc1cc(C=C(C#N)c2cccc([N+](=O)[O-])c2)c(C)n1-c1cccc(Br)c1. The maximum atomic E-state index is 11.0. The lowest BCUT2D eigenvalue weighted by Gasteiger charge is -2.10. The summed E-state index contributed by atoms with van der Waals surface area (Å²) in [5.41, 5.74) is 4.82. The van der Waals surface area contributed by atoms with E-state index < -0.39 is 4.92 Å². The second kappa shape index (κ2) is 7.60. The Hall–Kier alpha value is -3.17. The molecule has 1 heterocycles. The normalized spacial score (nSPS) is 11.3. The van der Waals surface area contributed by atoms with E-state index in [0.29, 0.717) is 11.1 Å². The topological polar surface area (TPSA) is 71.9 Å². The highest BCUT2D eigenvalue weighted by Gasteiger charge is 2.13. The van der Waals surface area contributed by atoms with Gasteiger partial charge in [0.1, 0.15) is 0 Å². The zero-order valence-electron chi connectivity index (χ0n) is 14.8. The molecule has 6 heteroatoms. The lowest BCUT2D eigenvalue weighted by molar-refractivity contribution is -0.384. The fourth-order valence-corrected chi connectivity index (χ4v) is 3.46. The number of allylic oxidation sites excluding steroid dienone is 1. The summed E-state index contributed by atoms with van der Waals surface area (Å²) < 4.78 is 3.10. The largest absolute Gasteiger partial charge is 0.318 e. The number of hydrogen-bond donors (Lipinski definition) is 0. The van der Waals surface area contributed by atoms with E-state index in [-0.39, 0.29) is 5.69 Å². The van der Waals surface area contributed by atoms with Crippen LogP contribution in [0.2, 0.25) is 0 Å². The summed E-state index contributed by atoms with van der Waals surface area (Å²) in [5.74, 6) is 0. The Morgan fingerprint density at radius 3 is 2.59 bits per heavy atom. The number of non-ortho nitro benzene ring substituents is 1. The van der Waals surface area contributed by atoms with Crippen molar-refractivity contribution in [3.63, 3.8) is 0 Å². The number of nitro benzene ring substituents is 1. The predicted molar refractivity (Wildman–Crippen MR) is 110 cm³/mol. The van der Waals surface area contributed by atoms with E-state index in [1.807, 2.05) is 44.2 Å². The molecule has 2 aromatic carbocycles. The van der Waals surface area contributed by atoms with Crippen molar-refractivity contribution < 1.29 is 4.92 Å². The van der Waals surface area contributed by atoms with Gasteiger partial charge in [-0.1, -0.05) is 34.1 Å². The number of nitro groups is 1. The molecule has 0 unspecified atom stereocenters. The Bertz CT molecular complexity index is 1110. The van der Waals surface area contributed by atoms with Gasteiger partial charge in [-0.05, 0) is 55.3 Å². The molecular weight excluding hydrogens is 406 g/mol. The number of aromatic nitrogens is 1. The second-order valence-electron chi connectivity index (χ2n) is 6.12. The average molecular weight is 422 g/mol. The summed E-state index contributed by atoms with van der Waals surface area (Å²) in [5, 5.41) is 20.6. The van der Waals surface area contributed by atoms with Crippen LogP contribution in [-0.4, -0.2) is 9.49 Å². The van der Waals surface area contributed by atoms with Gasteiger partial charge in [-0.15, -0.1) is 0 Å². The molecule has 0 saturated carbocycles. The molecule has 0 amide bonds. The molecule has 0 radical (unpaired) electrons. The Morgan fingerprint density at radius 2 is 1.93 bits per heavy atom. The van der Waals surface area contributed by atoms with E-state index in [4.69, 9.17) is 0 Å². The first-order chi connectivity index (χ1) is 12.9. The Kier molecular flexibility index (Phi) is 5.24. The molecular formula is C21H16BrN3O2. The van der Waals surface area contributed by atoms with Crippen LogP contribution in [0.25, 0.3) is 17.3 Å². The zero-order valence-corrected chi connectivity index (χ0v) is 16.4. The maximum Gasteiger partial charge on any atom is 0.270 e. The molecule has 0 aliphatic rings. The minimum absolute atomic E-state index is 0.0340. The van der Waals surface area contributed by atoms with Crippen LogP contribution in [0.15, 0.2) is 59.1 Å². The van der Waals surface area contributed by atoms with Gasteiger partial charge in [0.15, 0.2) is 0 Å². The minimum Gasteiger partial charge on any atom is -0.318 e. The highest BCUT2D eigenvalue weighted by Crippen LogP contribution is 2.27. The van der Waals surface area contributed by atoms with Gasteiger partial charge in [0, 0.05) is 33.7 Å². The molecule has 3 aromatic rings. The molecule has 0 saturated heterocycles. The Labute approximate surface area is 165 Å². The van der Waals surface area contributed by atoms with Crippen LogP contribution in [-0.2, 0) is 0 Å². The summed E-state index contributed by atoms with van der Waals surface area (Å²) in [7, 11) is 0. The van der Waals surface area contributed by atoms with E-state index in [0.717, 1.165) is 27.1 Å². The molecule has 0 fully saturated rings. The predicted octanol–water partition coefficient (Wildman–Crippen LogP) is 5.83. The van der Waals surface area contributed by atoms with Gasteiger partial charge < -0.3 is 4.57 Å². The molecule has 134 valence electrons. The molecule has 0 bridgehead atoms. The van der Waals surface area contributed by atoms with Gasteiger partial charge in [0.2, 0.25) is 0 Å². The monoisotopic (exact) mass is 421 g/mol. The van der Waals surface area contributed by atoms with Gasteiger partial charge in [0.25, 0.3) is 5.69 Å². The number of benzene rings is 2. The molecule has 27 heavy (non-hydrogen) atoms. The second-order valence-corrected chi connectivity index (χ2v) is 7.03. The average Bonchev–Trinajstić information content (AvgIpc) is 2.93. The first-order valence-electron chi connectivity index (χ1n) is 8.22. The van der Waals surface area contributed by atoms with Crippen molar-refractivity contribution in [1.29, 1.82) is 5.26 Å². The molecule has 0 spiro atoms. The lowest BCUT2D eigenvalue weighted by atomic mass is 10.0. The van der Waals surface area contributed by atoms with Gasteiger partial charge >= 0.3 is 0 Å². The van der Waals surface area contributed by atoms with Crippen LogP contribution < -0.4 is 0 Å². The van der Waals surface area contributed by atoms with Crippen molar-refractivity contribution in [3.8, 4) is 11.8 Å². The van der Waals surface area contributed by atoms with Crippen LogP contribution >= 0.6 is 15.9 Å². The number of nitriles is 1. The lowest BCUT2D eigenvalue weighted by Crippen LogP contribution is -1.98. The minimum atomic E-state index is -0.461. The van der Waals surface area contributed by atoms with Crippen molar-refractivity contribution in [2.24, 2.45) is 0 Å². The molecule has 5 nitrogen and oxygen atoms in total. The van der Waals surface area contributed by atoms with Crippen LogP contribution in [0.4, 0.5) is 5.69 Å². The fourth-order valence-electron chi connectivity index (χ4n) is 3.07. The summed E-state index contributed by atoms with van der Waals surface area (Å²) in [6, 6.07) is 18.3. The van der Waals surface area contributed by atoms with E-state index in [9.17, 15) is 15.4 Å². The van der Waals surface area contributed by atoms with Gasteiger partial charge in [-0.2, -0.15) is 5.26 Å². The van der Waals surface area contributed by atoms with Crippen molar-refractivity contribution in [2.45, 2.75) is 13.8 Å². The Balaban J connectivity index is 2.09. The van der Waals surface area contributed by atoms with Crippen LogP contribution in [0.1, 0.15) is 22.5 Å². The summed E-state index contributed by atoms with van der Waals surface area (Å²) in [6.07, 6.45) is 1.77. The third-order valence-electron chi connectivity index (χ3n) is 4.32. The number of aryl methyl sites for hydroxylation is 1. The van der Waals surface area contributed by atoms with E-state index >= 15 is 0 Å². The highest BCUT2D eigenvalue weighted by molar-refractivity contribution is 9.10. The quantitative estimate of drug-likeness (QED) is 0.302. The summed E-state index contributed by atoms with van der Waals surface area (Å²) in [4.78, 5) is 10.5. The molecule has 0 atom stereocenters. The number of hydrogen-bond acceptors (Lipinski definition) is 3. The summed E-state index contributed by atoms with van der Waals surface area (Å²) in [6.45, 7) is 3.99. The number of rotatable bonds is 4. The van der Waals surface area contributed by atoms with Gasteiger partial charge in [-0.25, -0.2) is 0 Å². The molecule has 3 rings (SSSR count). The van der Waals surface area contributed by atoms with Gasteiger partial charge in [-0.3, -0.25) is 10.1 Å². The molecule has 0 aliphatic carbocycles. The third kappa shape index (κ3) is 3.83. The smallest absolute Gasteiger partial charge is 0.270 e. The maximum absolute atomic E-state index is 11.0. The van der Waals surface area contributed by atoms with E-state index in [1.54, 1.807) is 18.2 Å². The van der Waals surface area contributed by atoms with Crippen molar-refractivity contribution in [1.82, 2.24) is 4.57 Å². The van der Waals surface area contributed by atoms with E-state index in [1.165, 1.54) is 12.1 Å². The first-order valence-corrected chi connectivity index (χ1v) is 9.01. The fraction of sp³-hybridized carbons (Fsp3) is 0.0952. The van der Waals surface area contributed by atoms with Crippen LogP contribution in [0, 0.1) is 35.3 Å². The Morgan fingerprint density at radius 1 is 1.19 bits per heavy atom. The van der Waals surface area contributed by atoms with Crippen molar-refractivity contribution in [3.05, 3.63) is 91.7 Å². The van der Waals surface area contributed by atoms with Crippen LogP contribution in [0.3, 0.4) is 0 Å². The van der Waals surface area contributed by atoms with Crippen LogP contribution in [0.5, 0.6) is 0 Å². The third-order valence-corrected chi connectivity index (χ3v) is 4.82. The number of halogens is 1. The molecule has 0 N–H and O–H groups in total. The van der Waals surface area contributed by atoms with E-state index in [2.05, 4.69) is 26.6 Å². The van der Waals surface area contributed by atoms with Gasteiger partial charge in [0.05, 0.1) is 16.6 Å². The zero-order chi connectivity index (χ0) is 19.6. The molecule has 1 aromatic heterocycles.